The van der Waals surface area contributed by atoms with Gasteiger partial charge in [-0.15, -0.1) is 0 Å². The first-order valence-corrected chi connectivity index (χ1v) is 6.01. The van der Waals surface area contributed by atoms with Crippen LogP contribution in [-0.4, -0.2) is 27.6 Å². The van der Waals surface area contributed by atoms with Crippen molar-refractivity contribution in [3.8, 4) is 0 Å². The van der Waals surface area contributed by atoms with E-state index in [0.29, 0.717) is 30.5 Å². The van der Waals surface area contributed by atoms with Crippen LogP contribution in [0.3, 0.4) is 0 Å². The number of aromatic nitrogens is 2. The number of hydrogen-bond donors (Lipinski definition) is 3. The quantitative estimate of drug-likeness (QED) is 0.682. The molecule has 0 aliphatic carbocycles. The average Bonchev–Trinajstić information content (AvgIpc) is 2.25. The van der Waals surface area contributed by atoms with Gasteiger partial charge in [-0.2, -0.15) is 0 Å². The molecule has 100 valence electrons. The van der Waals surface area contributed by atoms with E-state index >= 15 is 0 Å². The summed E-state index contributed by atoms with van der Waals surface area (Å²) in [6, 6.07) is 1.41. The summed E-state index contributed by atoms with van der Waals surface area (Å²) < 4.78 is 0. The van der Waals surface area contributed by atoms with Gasteiger partial charge in [0.1, 0.15) is 11.6 Å². The second-order valence-corrected chi connectivity index (χ2v) is 4.47. The normalized spacial score (nSPS) is 12.1. The van der Waals surface area contributed by atoms with E-state index in [1.165, 1.54) is 6.07 Å². The van der Waals surface area contributed by atoms with Gasteiger partial charge in [0.05, 0.1) is 0 Å². The Morgan fingerprint density at radius 1 is 1.56 bits per heavy atom. The number of carbonyl (C=O) groups is 1. The van der Waals surface area contributed by atoms with Crippen molar-refractivity contribution in [3.63, 3.8) is 0 Å². The summed E-state index contributed by atoms with van der Waals surface area (Å²) in [5.41, 5.74) is -0.177. The van der Waals surface area contributed by atoms with Crippen molar-refractivity contribution in [1.82, 2.24) is 9.97 Å². The van der Waals surface area contributed by atoms with Crippen molar-refractivity contribution < 1.29 is 9.90 Å². The minimum absolute atomic E-state index is 0.177. The van der Waals surface area contributed by atoms with Crippen molar-refractivity contribution in [2.75, 3.05) is 11.9 Å². The Bertz CT molecular complexity index is 456. The molecule has 0 aromatic carbocycles. The first-order chi connectivity index (χ1) is 8.47. The van der Waals surface area contributed by atoms with Crippen LogP contribution in [0.1, 0.15) is 32.0 Å². The van der Waals surface area contributed by atoms with Crippen molar-refractivity contribution in [2.24, 2.45) is 5.92 Å². The Morgan fingerprint density at radius 2 is 2.28 bits per heavy atom. The lowest BCUT2D eigenvalue weighted by Crippen LogP contribution is -2.14. The van der Waals surface area contributed by atoms with Crippen LogP contribution < -0.4 is 10.9 Å². The van der Waals surface area contributed by atoms with Gasteiger partial charge < -0.3 is 15.4 Å². The van der Waals surface area contributed by atoms with Crippen LogP contribution in [0.2, 0.25) is 0 Å². The predicted molar refractivity (Wildman–Crippen MR) is 68.7 cm³/mol. The molecule has 1 atom stereocenters. The number of rotatable bonds is 7. The minimum Gasteiger partial charge on any atom is -0.481 e. The monoisotopic (exact) mass is 253 g/mol. The van der Waals surface area contributed by atoms with Gasteiger partial charge in [0.25, 0.3) is 5.56 Å². The number of nitrogens with zero attached hydrogens (tertiary/aromatic N) is 1. The van der Waals surface area contributed by atoms with Gasteiger partial charge in [0.15, 0.2) is 0 Å². The number of hydrogen-bond acceptors (Lipinski definition) is 4. The molecule has 0 aliphatic rings. The van der Waals surface area contributed by atoms with Crippen molar-refractivity contribution in [3.05, 3.63) is 22.2 Å². The van der Waals surface area contributed by atoms with E-state index in [-0.39, 0.29) is 12.0 Å². The molecule has 0 aliphatic heterocycles. The molecule has 0 saturated carbocycles. The van der Waals surface area contributed by atoms with Crippen molar-refractivity contribution in [1.29, 1.82) is 0 Å². The van der Waals surface area contributed by atoms with E-state index in [1.54, 1.807) is 6.92 Å². The van der Waals surface area contributed by atoms with E-state index in [9.17, 15) is 9.59 Å². The van der Waals surface area contributed by atoms with E-state index in [2.05, 4.69) is 15.3 Å². The molecule has 0 saturated heterocycles. The highest BCUT2D eigenvalue weighted by Crippen LogP contribution is 2.10. The van der Waals surface area contributed by atoms with E-state index < -0.39 is 5.97 Å². The summed E-state index contributed by atoms with van der Waals surface area (Å²) in [4.78, 5) is 28.3. The van der Waals surface area contributed by atoms with Crippen LogP contribution in [0.5, 0.6) is 0 Å². The maximum absolute atomic E-state index is 11.2. The van der Waals surface area contributed by atoms with Crippen LogP contribution in [0.15, 0.2) is 10.9 Å². The number of aryl methyl sites for hydroxylation is 1. The molecule has 6 heteroatoms. The SMILES string of the molecule is Cc1nc(NCCC(C)CCC(=O)O)cc(=O)[nH]1. The number of aliphatic carboxylic acids is 1. The van der Waals surface area contributed by atoms with Gasteiger partial charge in [0.2, 0.25) is 0 Å². The van der Waals surface area contributed by atoms with E-state index in [1.807, 2.05) is 6.92 Å². The third kappa shape index (κ3) is 5.47. The molecule has 1 unspecified atom stereocenters. The summed E-state index contributed by atoms with van der Waals surface area (Å²) in [7, 11) is 0. The molecular formula is C12H19N3O3. The third-order valence-electron chi connectivity index (χ3n) is 2.65. The highest BCUT2D eigenvalue weighted by Gasteiger charge is 2.05. The van der Waals surface area contributed by atoms with Gasteiger partial charge in [-0.3, -0.25) is 9.59 Å². The molecule has 6 nitrogen and oxygen atoms in total. The number of anilines is 1. The largest absolute Gasteiger partial charge is 0.481 e. The molecule has 0 spiro atoms. The summed E-state index contributed by atoms with van der Waals surface area (Å²) >= 11 is 0. The summed E-state index contributed by atoms with van der Waals surface area (Å²) in [5.74, 6) is 0.698. The molecule has 0 fully saturated rings. The lowest BCUT2D eigenvalue weighted by atomic mass is 10.0. The Morgan fingerprint density at radius 3 is 2.89 bits per heavy atom. The minimum atomic E-state index is -0.762. The second kappa shape index (κ2) is 6.78. The molecule has 0 radical (unpaired) electrons. The molecule has 0 amide bonds. The predicted octanol–water partition coefficient (Wildman–Crippen LogP) is 1.38. The molecule has 1 aromatic heterocycles. The zero-order valence-corrected chi connectivity index (χ0v) is 10.7. The maximum Gasteiger partial charge on any atom is 0.303 e. The smallest absolute Gasteiger partial charge is 0.303 e. The molecular weight excluding hydrogens is 234 g/mol. The highest BCUT2D eigenvalue weighted by atomic mass is 16.4. The first-order valence-electron chi connectivity index (χ1n) is 6.01. The lowest BCUT2D eigenvalue weighted by molar-refractivity contribution is -0.137. The van der Waals surface area contributed by atoms with Crippen LogP contribution in [-0.2, 0) is 4.79 Å². The molecule has 0 bridgehead atoms. The number of carboxylic acids is 1. The van der Waals surface area contributed by atoms with Crippen LogP contribution in [0, 0.1) is 12.8 Å². The standard InChI is InChI=1S/C12H19N3O3/c1-8(3-4-12(17)18)5-6-13-10-7-11(16)15-9(2)14-10/h7-8H,3-6H2,1-2H3,(H,17,18)(H2,13,14,15,16). The zero-order valence-electron chi connectivity index (χ0n) is 10.7. The number of H-pyrrole nitrogens is 1. The Kier molecular flexibility index (Phi) is 5.35. The Balaban J connectivity index is 2.32. The number of aromatic amines is 1. The van der Waals surface area contributed by atoms with Gasteiger partial charge in [-0.05, 0) is 25.7 Å². The average molecular weight is 253 g/mol. The van der Waals surface area contributed by atoms with Gasteiger partial charge in [-0.25, -0.2) is 4.98 Å². The lowest BCUT2D eigenvalue weighted by Gasteiger charge is -2.11. The Hall–Kier alpha value is -1.85. The first kappa shape index (κ1) is 14.2. The summed E-state index contributed by atoms with van der Waals surface area (Å²) in [5, 5.41) is 11.6. The molecule has 18 heavy (non-hydrogen) atoms. The van der Waals surface area contributed by atoms with Crippen molar-refractivity contribution >= 4 is 11.8 Å². The summed E-state index contributed by atoms with van der Waals surface area (Å²) in [6.07, 6.45) is 1.71. The van der Waals surface area contributed by atoms with Gasteiger partial charge in [0, 0.05) is 19.0 Å². The van der Waals surface area contributed by atoms with Crippen LogP contribution >= 0.6 is 0 Å². The van der Waals surface area contributed by atoms with Gasteiger partial charge >= 0.3 is 5.97 Å². The molecule has 1 rings (SSSR count). The third-order valence-corrected chi connectivity index (χ3v) is 2.65. The fraction of sp³-hybridized carbons (Fsp3) is 0.583. The topological polar surface area (TPSA) is 95.1 Å². The molecule has 1 aromatic rings. The maximum atomic E-state index is 11.2. The van der Waals surface area contributed by atoms with Gasteiger partial charge in [-0.1, -0.05) is 6.92 Å². The number of nitrogens with one attached hydrogen (secondary N) is 2. The van der Waals surface area contributed by atoms with E-state index in [4.69, 9.17) is 5.11 Å². The summed E-state index contributed by atoms with van der Waals surface area (Å²) in [6.45, 7) is 4.42. The van der Waals surface area contributed by atoms with E-state index in [0.717, 1.165) is 6.42 Å². The fourth-order valence-corrected chi connectivity index (χ4v) is 1.63. The second-order valence-electron chi connectivity index (χ2n) is 4.47. The fourth-order valence-electron chi connectivity index (χ4n) is 1.63. The van der Waals surface area contributed by atoms with Crippen molar-refractivity contribution in [2.45, 2.75) is 33.1 Å². The molecule has 3 N–H and O–H groups in total. The zero-order chi connectivity index (χ0) is 13.5. The molecule has 1 heterocycles. The van der Waals surface area contributed by atoms with Crippen LogP contribution in [0.4, 0.5) is 5.82 Å². The van der Waals surface area contributed by atoms with Crippen LogP contribution in [0.25, 0.3) is 0 Å². The Labute approximate surface area is 105 Å². The number of carboxylic acid groups (broad SMARTS) is 1. The highest BCUT2D eigenvalue weighted by molar-refractivity contribution is 5.66.